The van der Waals surface area contributed by atoms with Crippen LogP contribution in [0.15, 0.2) is 35.8 Å². The summed E-state index contributed by atoms with van der Waals surface area (Å²) in [4.78, 5) is 25.3. The lowest BCUT2D eigenvalue weighted by Crippen LogP contribution is -2.28. The van der Waals surface area contributed by atoms with Crippen LogP contribution in [-0.4, -0.2) is 30.2 Å². The van der Waals surface area contributed by atoms with Gasteiger partial charge in [-0.15, -0.1) is 0 Å². The molecule has 0 aliphatic carbocycles. The number of halogens is 1. The van der Waals surface area contributed by atoms with Crippen LogP contribution in [0.2, 0.25) is 5.15 Å². The van der Waals surface area contributed by atoms with Crippen LogP contribution in [0.3, 0.4) is 0 Å². The second-order valence-electron chi connectivity index (χ2n) is 4.74. The Hall–Kier alpha value is -2.68. The molecule has 0 aromatic carbocycles. The highest BCUT2D eigenvalue weighted by Gasteiger charge is 2.08. The van der Waals surface area contributed by atoms with Crippen molar-refractivity contribution in [3.8, 4) is 0 Å². The molecular weight excluding hydrogens is 326 g/mol. The van der Waals surface area contributed by atoms with E-state index in [0.29, 0.717) is 24.7 Å². The van der Waals surface area contributed by atoms with Crippen LogP contribution in [0, 0.1) is 10.1 Å². The number of aryl methyl sites for hydroxylation is 1. The molecule has 23 heavy (non-hydrogen) atoms. The van der Waals surface area contributed by atoms with Gasteiger partial charge in [-0.2, -0.15) is 0 Å². The Balaban J connectivity index is 2.25. The molecule has 2 heterocycles. The van der Waals surface area contributed by atoms with Crippen LogP contribution in [0.25, 0.3) is 0 Å². The number of aromatic nitrogens is 3. The predicted octanol–water partition coefficient (Wildman–Crippen LogP) is 1.34. The number of pyridine rings is 1. The number of carboxylic acid groups (broad SMARTS) is 1. The molecule has 0 aliphatic heterocycles. The number of hydrogen-bond donors (Lipinski definition) is 1. The van der Waals surface area contributed by atoms with Crippen LogP contribution in [0.5, 0.6) is 0 Å². The first-order valence-corrected chi connectivity index (χ1v) is 7.10. The van der Waals surface area contributed by atoms with Crippen molar-refractivity contribution in [1.29, 1.82) is 0 Å². The Morgan fingerprint density at radius 3 is 2.74 bits per heavy atom. The number of carboxylic acids is 1. The molecule has 0 atom stereocenters. The monoisotopic (exact) mass is 339 g/mol. The fourth-order valence-corrected chi connectivity index (χ4v) is 2.15. The van der Waals surface area contributed by atoms with Crippen LogP contribution in [-0.2, 0) is 17.9 Å². The molecule has 0 fully saturated rings. The zero-order valence-electron chi connectivity index (χ0n) is 12.0. The normalized spacial score (nSPS) is 11.6. The van der Waals surface area contributed by atoms with Crippen LogP contribution in [0.4, 0.5) is 0 Å². The van der Waals surface area contributed by atoms with Gasteiger partial charge in [0.2, 0.25) is 0 Å². The molecule has 0 aliphatic rings. The van der Waals surface area contributed by atoms with Crippen molar-refractivity contribution >= 4 is 17.6 Å². The first-order valence-electron chi connectivity index (χ1n) is 6.72. The Labute approximate surface area is 135 Å². The first-order chi connectivity index (χ1) is 11.0. The van der Waals surface area contributed by atoms with E-state index >= 15 is 0 Å². The molecule has 10 heteroatoms. The van der Waals surface area contributed by atoms with Gasteiger partial charge in [-0.25, -0.2) is 15.1 Å². The lowest BCUT2D eigenvalue weighted by atomic mass is 10.3. The summed E-state index contributed by atoms with van der Waals surface area (Å²) in [5.41, 5.74) is 0.942. The van der Waals surface area contributed by atoms with Gasteiger partial charge < -0.3 is 14.2 Å². The van der Waals surface area contributed by atoms with Gasteiger partial charge in [0.1, 0.15) is 10.3 Å². The highest BCUT2D eigenvalue weighted by Crippen LogP contribution is 2.06. The summed E-state index contributed by atoms with van der Waals surface area (Å²) in [5.74, 6) is -0.912. The van der Waals surface area contributed by atoms with Gasteiger partial charge in [0.25, 0.3) is 5.62 Å². The number of nitro groups is 1. The minimum atomic E-state index is -0.912. The lowest BCUT2D eigenvalue weighted by molar-refractivity contribution is -0.491. The van der Waals surface area contributed by atoms with Crippen molar-refractivity contribution in [1.82, 2.24) is 14.1 Å². The van der Waals surface area contributed by atoms with E-state index in [1.165, 1.54) is 0 Å². The third-order valence-electron chi connectivity index (χ3n) is 3.04. The molecule has 122 valence electrons. The Kier molecular flexibility index (Phi) is 5.47. The van der Waals surface area contributed by atoms with Gasteiger partial charge in [-0.3, -0.25) is 4.79 Å². The van der Waals surface area contributed by atoms with Crippen LogP contribution >= 0.6 is 11.6 Å². The third-order valence-corrected chi connectivity index (χ3v) is 3.27. The summed E-state index contributed by atoms with van der Waals surface area (Å²) in [6, 6.07) is 3.39. The van der Waals surface area contributed by atoms with Crippen molar-refractivity contribution in [2.24, 2.45) is 5.10 Å². The van der Waals surface area contributed by atoms with E-state index in [2.05, 4.69) is 10.1 Å². The van der Waals surface area contributed by atoms with Gasteiger partial charge in [0.15, 0.2) is 5.03 Å². The third kappa shape index (κ3) is 4.92. The number of aliphatic carboxylic acids is 1. The summed E-state index contributed by atoms with van der Waals surface area (Å²) >= 11 is 5.72. The van der Waals surface area contributed by atoms with Crippen molar-refractivity contribution < 1.29 is 14.9 Å². The molecule has 0 bridgehead atoms. The summed E-state index contributed by atoms with van der Waals surface area (Å²) in [5, 5.41) is 22.4. The van der Waals surface area contributed by atoms with Gasteiger partial charge >= 0.3 is 5.97 Å². The minimum Gasteiger partial charge on any atom is -0.481 e. The van der Waals surface area contributed by atoms with Crippen LogP contribution in [0.1, 0.15) is 18.4 Å². The number of nitrogens with zero attached hydrogens (tertiary/aromatic N) is 5. The van der Waals surface area contributed by atoms with E-state index in [0.717, 1.165) is 5.56 Å². The molecule has 0 radical (unpaired) electrons. The second kappa shape index (κ2) is 7.54. The van der Waals surface area contributed by atoms with Crippen molar-refractivity contribution in [3.63, 3.8) is 0 Å². The van der Waals surface area contributed by atoms with E-state index in [9.17, 15) is 14.9 Å². The molecule has 2 aromatic rings. The zero-order valence-corrected chi connectivity index (χ0v) is 12.8. The maximum atomic E-state index is 10.7. The molecule has 2 rings (SSSR count). The second-order valence-corrected chi connectivity index (χ2v) is 5.13. The smallest absolute Gasteiger partial charge is 0.303 e. The number of rotatable bonds is 7. The van der Waals surface area contributed by atoms with Crippen molar-refractivity contribution in [2.75, 3.05) is 0 Å². The lowest BCUT2D eigenvalue weighted by Gasteiger charge is -2.04. The number of imidazole rings is 1. The van der Waals surface area contributed by atoms with E-state index in [1.54, 1.807) is 39.9 Å². The average molecular weight is 340 g/mol. The highest BCUT2D eigenvalue weighted by atomic mass is 35.5. The van der Waals surface area contributed by atoms with Gasteiger partial charge in [0, 0.05) is 31.6 Å². The van der Waals surface area contributed by atoms with E-state index in [1.807, 2.05) is 0 Å². The molecule has 1 N–H and O–H groups in total. The fourth-order valence-electron chi connectivity index (χ4n) is 2.04. The summed E-state index contributed by atoms with van der Waals surface area (Å²) in [7, 11) is 0. The molecule has 0 unspecified atom stereocenters. The van der Waals surface area contributed by atoms with E-state index in [4.69, 9.17) is 16.7 Å². The SMILES string of the molecule is O=C(O)CCCn1ccn(Cc2ccc(Cl)nc2)c1=N[N+](=O)[O-]. The molecule has 0 saturated heterocycles. The zero-order chi connectivity index (χ0) is 16.8. The largest absolute Gasteiger partial charge is 0.481 e. The maximum absolute atomic E-state index is 10.7. The molecule has 2 aromatic heterocycles. The summed E-state index contributed by atoms with van der Waals surface area (Å²) < 4.78 is 3.14. The van der Waals surface area contributed by atoms with E-state index in [-0.39, 0.29) is 12.0 Å². The molecular formula is C13H14ClN5O4. The molecule has 9 nitrogen and oxygen atoms in total. The Morgan fingerprint density at radius 2 is 2.13 bits per heavy atom. The maximum Gasteiger partial charge on any atom is 0.303 e. The molecule has 0 amide bonds. The fraction of sp³-hybridized carbons (Fsp3) is 0.308. The highest BCUT2D eigenvalue weighted by molar-refractivity contribution is 6.29. The topological polar surface area (TPSA) is 116 Å². The van der Waals surface area contributed by atoms with E-state index < -0.39 is 11.0 Å². The standard InChI is InChI=1S/C13H14ClN5O4/c14-11-4-3-10(8-15-11)9-18-7-6-17(5-1-2-12(20)21)13(18)16-19(22)23/h3-4,6-8H,1-2,5,9H2,(H,20,21). The average Bonchev–Trinajstić information content (AvgIpc) is 2.83. The van der Waals surface area contributed by atoms with Gasteiger partial charge in [-0.1, -0.05) is 17.7 Å². The first kappa shape index (κ1) is 16.7. The van der Waals surface area contributed by atoms with Gasteiger partial charge in [-0.05, 0) is 18.1 Å². The summed E-state index contributed by atoms with van der Waals surface area (Å²) in [6.45, 7) is 0.660. The number of carbonyl (C=O) groups is 1. The predicted molar refractivity (Wildman–Crippen MR) is 80.2 cm³/mol. The quantitative estimate of drug-likeness (QED) is 0.464. The number of hydrogen-bond acceptors (Lipinski definition) is 4. The van der Waals surface area contributed by atoms with Gasteiger partial charge in [0.05, 0.1) is 6.54 Å². The molecule has 0 saturated carbocycles. The van der Waals surface area contributed by atoms with Crippen molar-refractivity contribution in [3.05, 3.63) is 57.2 Å². The summed E-state index contributed by atoms with van der Waals surface area (Å²) in [6.07, 6.45) is 5.20. The Morgan fingerprint density at radius 1 is 1.39 bits per heavy atom. The van der Waals surface area contributed by atoms with Crippen LogP contribution < -0.4 is 5.62 Å². The Bertz CT molecular complexity index is 765. The minimum absolute atomic E-state index is 0.0167. The molecule has 0 spiro atoms. The van der Waals surface area contributed by atoms with Crippen molar-refractivity contribution in [2.45, 2.75) is 25.9 Å².